The van der Waals surface area contributed by atoms with Gasteiger partial charge in [0.25, 0.3) is 0 Å². The van der Waals surface area contributed by atoms with Gasteiger partial charge in [-0.1, -0.05) is 26.0 Å². The van der Waals surface area contributed by atoms with E-state index in [2.05, 4.69) is 47.7 Å². The van der Waals surface area contributed by atoms with E-state index in [-0.39, 0.29) is 18.0 Å². The van der Waals surface area contributed by atoms with Crippen molar-refractivity contribution in [3.8, 4) is 0 Å². The molecule has 1 aliphatic rings. The maximum absolute atomic E-state index is 12.8. The van der Waals surface area contributed by atoms with Gasteiger partial charge in [0, 0.05) is 23.1 Å². The topological polar surface area (TPSA) is 70.1 Å². The van der Waals surface area contributed by atoms with Crippen molar-refractivity contribution in [1.82, 2.24) is 15.6 Å². The van der Waals surface area contributed by atoms with Gasteiger partial charge in [-0.15, -0.1) is 0 Å². The molecule has 26 heavy (non-hydrogen) atoms. The first-order valence-corrected chi connectivity index (χ1v) is 9.27. The van der Waals surface area contributed by atoms with Crippen LogP contribution in [-0.2, 0) is 17.8 Å². The van der Waals surface area contributed by atoms with Crippen LogP contribution in [0.4, 0.5) is 0 Å². The van der Waals surface area contributed by atoms with Crippen molar-refractivity contribution in [2.24, 2.45) is 5.92 Å². The fraction of sp³-hybridized carbons (Fsp3) is 0.381. The lowest BCUT2D eigenvalue weighted by Gasteiger charge is -2.25. The zero-order valence-corrected chi connectivity index (χ0v) is 15.2. The molecular weight excluding hydrogens is 326 g/mol. The summed E-state index contributed by atoms with van der Waals surface area (Å²) < 4.78 is 5.31. The van der Waals surface area contributed by atoms with Gasteiger partial charge in [-0.2, -0.15) is 0 Å². The van der Waals surface area contributed by atoms with Crippen LogP contribution in [-0.4, -0.2) is 16.9 Å². The van der Waals surface area contributed by atoms with E-state index in [1.165, 1.54) is 16.5 Å². The number of aromatic nitrogens is 1. The number of carbonyl (C=O) groups excluding carboxylic acids is 1. The number of furan rings is 1. The molecule has 1 aliphatic heterocycles. The lowest BCUT2D eigenvalue weighted by molar-refractivity contribution is -0.123. The molecule has 5 nitrogen and oxygen atoms in total. The van der Waals surface area contributed by atoms with E-state index in [4.69, 9.17) is 4.42 Å². The van der Waals surface area contributed by atoms with Gasteiger partial charge in [-0.05, 0) is 48.1 Å². The van der Waals surface area contributed by atoms with E-state index in [1.54, 1.807) is 6.26 Å². The summed E-state index contributed by atoms with van der Waals surface area (Å²) >= 11 is 0. The summed E-state index contributed by atoms with van der Waals surface area (Å²) in [5, 5.41) is 7.89. The van der Waals surface area contributed by atoms with Gasteiger partial charge in [0.15, 0.2) is 0 Å². The second-order valence-corrected chi connectivity index (χ2v) is 7.49. The van der Waals surface area contributed by atoms with E-state index < -0.39 is 0 Å². The Balaban J connectivity index is 1.60. The highest BCUT2D eigenvalue weighted by Crippen LogP contribution is 2.34. The van der Waals surface area contributed by atoms with Gasteiger partial charge >= 0.3 is 0 Å². The van der Waals surface area contributed by atoms with Crippen LogP contribution in [0.5, 0.6) is 0 Å². The summed E-state index contributed by atoms with van der Waals surface area (Å²) in [7, 11) is 0. The zero-order chi connectivity index (χ0) is 18.1. The van der Waals surface area contributed by atoms with Crippen LogP contribution in [0, 0.1) is 5.92 Å². The number of carbonyl (C=O) groups is 1. The van der Waals surface area contributed by atoms with Crippen molar-refractivity contribution >= 4 is 16.8 Å². The summed E-state index contributed by atoms with van der Waals surface area (Å²) in [6.07, 6.45) is 5.33. The van der Waals surface area contributed by atoms with Crippen LogP contribution >= 0.6 is 0 Å². The maximum atomic E-state index is 12.8. The van der Waals surface area contributed by atoms with Crippen LogP contribution in [0.2, 0.25) is 0 Å². The predicted molar refractivity (Wildman–Crippen MR) is 102 cm³/mol. The molecule has 136 valence electrons. The first-order valence-electron chi connectivity index (χ1n) is 9.27. The van der Waals surface area contributed by atoms with Gasteiger partial charge in [0.1, 0.15) is 5.76 Å². The first-order chi connectivity index (χ1) is 12.6. The minimum atomic E-state index is -0.264. The summed E-state index contributed by atoms with van der Waals surface area (Å²) in [4.78, 5) is 16.2. The molecule has 2 atom stereocenters. The number of rotatable bonds is 5. The number of H-pyrrole nitrogens is 1. The Bertz CT molecular complexity index is 895. The highest BCUT2D eigenvalue weighted by atomic mass is 16.3. The van der Waals surface area contributed by atoms with Crippen LogP contribution in [0.15, 0.2) is 47.2 Å². The smallest absolute Gasteiger partial charge is 0.237 e. The van der Waals surface area contributed by atoms with Crippen molar-refractivity contribution in [2.45, 2.75) is 45.3 Å². The van der Waals surface area contributed by atoms with Crippen molar-refractivity contribution < 1.29 is 9.21 Å². The normalized spacial score (nSPS) is 19.7. The molecule has 0 bridgehead atoms. The summed E-state index contributed by atoms with van der Waals surface area (Å²) in [5.74, 6) is 1.31. The molecule has 1 amide bonds. The fourth-order valence-corrected chi connectivity index (χ4v) is 3.89. The monoisotopic (exact) mass is 351 g/mol. The number of aromatic amines is 1. The van der Waals surface area contributed by atoms with Crippen molar-refractivity contribution in [1.29, 1.82) is 0 Å². The summed E-state index contributed by atoms with van der Waals surface area (Å²) in [6, 6.07) is 9.97. The number of nitrogens with one attached hydrogen (secondary N) is 3. The Morgan fingerprint density at radius 2 is 2.19 bits per heavy atom. The number of hydrogen-bond acceptors (Lipinski definition) is 3. The van der Waals surface area contributed by atoms with Crippen LogP contribution in [0.25, 0.3) is 10.9 Å². The molecule has 0 saturated carbocycles. The second kappa shape index (κ2) is 7.00. The quantitative estimate of drug-likeness (QED) is 0.657. The van der Waals surface area contributed by atoms with Crippen molar-refractivity contribution in [3.63, 3.8) is 0 Å². The minimum absolute atomic E-state index is 0.0114. The molecule has 0 radical (unpaired) electrons. The van der Waals surface area contributed by atoms with E-state index in [1.807, 2.05) is 18.3 Å². The summed E-state index contributed by atoms with van der Waals surface area (Å²) in [6.45, 7) is 4.85. The Kier molecular flexibility index (Phi) is 4.55. The van der Waals surface area contributed by atoms with E-state index in [0.29, 0.717) is 18.9 Å². The highest BCUT2D eigenvalue weighted by Gasteiger charge is 2.30. The number of hydrogen-bond donors (Lipinski definition) is 3. The third-order valence-electron chi connectivity index (χ3n) is 5.06. The molecule has 1 aromatic carbocycles. The fourth-order valence-electron chi connectivity index (χ4n) is 3.89. The Hall–Kier alpha value is -2.53. The maximum Gasteiger partial charge on any atom is 0.237 e. The first kappa shape index (κ1) is 16.9. The number of amides is 1. The average Bonchev–Trinajstić information content (AvgIpc) is 3.24. The van der Waals surface area contributed by atoms with Crippen LogP contribution < -0.4 is 10.6 Å². The lowest BCUT2D eigenvalue weighted by Crippen LogP contribution is -2.46. The van der Waals surface area contributed by atoms with Gasteiger partial charge in [0.05, 0.1) is 18.8 Å². The second-order valence-electron chi connectivity index (χ2n) is 7.49. The van der Waals surface area contributed by atoms with Gasteiger partial charge < -0.3 is 14.7 Å². The molecular formula is C21H25N3O2. The lowest BCUT2D eigenvalue weighted by atomic mass is 9.94. The highest BCUT2D eigenvalue weighted by molar-refractivity contribution is 5.90. The zero-order valence-electron chi connectivity index (χ0n) is 15.2. The third-order valence-corrected chi connectivity index (χ3v) is 5.06. The molecule has 2 aromatic heterocycles. The SMILES string of the molecule is CC(C)CC1NC(C(=O)NCc2ccco2)Cc2c[nH]c3cccc1c23. The van der Waals surface area contributed by atoms with Crippen molar-refractivity contribution in [3.05, 3.63) is 59.7 Å². The minimum Gasteiger partial charge on any atom is -0.467 e. The Labute approximate surface area is 153 Å². The van der Waals surface area contributed by atoms with Crippen molar-refractivity contribution in [2.75, 3.05) is 0 Å². The Morgan fingerprint density at radius 1 is 1.31 bits per heavy atom. The molecule has 0 fully saturated rings. The van der Waals surface area contributed by atoms with Crippen LogP contribution in [0.1, 0.15) is 43.2 Å². The molecule has 5 heteroatoms. The van der Waals surface area contributed by atoms with E-state index >= 15 is 0 Å². The molecule has 0 saturated heterocycles. The van der Waals surface area contributed by atoms with Gasteiger partial charge in [-0.3, -0.25) is 10.1 Å². The number of benzene rings is 1. The van der Waals surface area contributed by atoms with Gasteiger partial charge in [-0.25, -0.2) is 0 Å². The molecule has 0 aliphatic carbocycles. The Morgan fingerprint density at radius 3 is 2.96 bits per heavy atom. The van der Waals surface area contributed by atoms with Crippen LogP contribution in [0.3, 0.4) is 0 Å². The largest absolute Gasteiger partial charge is 0.467 e. The molecule has 4 rings (SSSR count). The molecule has 3 N–H and O–H groups in total. The van der Waals surface area contributed by atoms with Gasteiger partial charge in [0.2, 0.25) is 5.91 Å². The standard InChI is InChI=1S/C21H25N3O2/c1-13(2)9-18-16-6-3-7-17-20(16)14(11-22-17)10-19(24-18)21(25)23-12-15-5-4-8-26-15/h3-8,11,13,18-19,22,24H,9-10,12H2,1-2H3,(H,23,25). The average molecular weight is 351 g/mol. The molecule has 0 spiro atoms. The predicted octanol–water partition coefficient (Wildman–Crippen LogP) is 3.68. The third kappa shape index (κ3) is 3.27. The van der Waals surface area contributed by atoms with E-state index in [0.717, 1.165) is 17.7 Å². The molecule has 3 heterocycles. The van der Waals surface area contributed by atoms with E-state index in [9.17, 15) is 4.79 Å². The molecule has 2 unspecified atom stereocenters. The molecule has 3 aromatic rings. The summed E-state index contributed by atoms with van der Waals surface area (Å²) in [5.41, 5.74) is 3.63.